The number of carbonyl (C=O) groups is 1. The van der Waals surface area contributed by atoms with Crippen molar-refractivity contribution in [3.63, 3.8) is 0 Å². The number of hydrogen-bond donors (Lipinski definition) is 2. The summed E-state index contributed by atoms with van der Waals surface area (Å²) in [5.74, 6) is 1.67. The predicted molar refractivity (Wildman–Crippen MR) is 106 cm³/mol. The van der Waals surface area contributed by atoms with E-state index >= 15 is 0 Å². The summed E-state index contributed by atoms with van der Waals surface area (Å²) in [6, 6.07) is 13.8. The SMILES string of the molecule is COc1ccc(CSc2ccc(N)c(NC(=O)CC(C)(C)C)c2)cc1. The largest absolute Gasteiger partial charge is 0.497 e. The van der Waals surface area contributed by atoms with Gasteiger partial charge in [-0.2, -0.15) is 0 Å². The normalized spacial score (nSPS) is 11.2. The van der Waals surface area contributed by atoms with Crippen molar-refractivity contribution in [2.45, 2.75) is 37.8 Å². The van der Waals surface area contributed by atoms with Crippen molar-refractivity contribution >= 4 is 29.0 Å². The second kappa shape index (κ2) is 8.30. The van der Waals surface area contributed by atoms with E-state index in [1.807, 2.05) is 51.1 Å². The third-order valence-corrected chi connectivity index (χ3v) is 4.62. The number of thioether (sulfide) groups is 1. The van der Waals surface area contributed by atoms with Crippen LogP contribution < -0.4 is 15.8 Å². The first-order valence-corrected chi connectivity index (χ1v) is 9.20. The van der Waals surface area contributed by atoms with Crippen LogP contribution in [0.4, 0.5) is 11.4 Å². The Morgan fingerprint density at radius 1 is 1.16 bits per heavy atom. The molecule has 0 aliphatic heterocycles. The number of rotatable bonds is 6. The van der Waals surface area contributed by atoms with Gasteiger partial charge in [-0.05, 0) is 41.3 Å². The van der Waals surface area contributed by atoms with Crippen LogP contribution in [0.2, 0.25) is 0 Å². The molecular weight excluding hydrogens is 332 g/mol. The van der Waals surface area contributed by atoms with Crippen molar-refractivity contribution in [1.82, 2.24) is 0 Å². The molecule has 0 saturated carbocycles. The Morgan fingerprint density at radius 2 is 1.84 bits per heavy atom. The van der Waals surface area contributed by atoms with Crippen LogP contribution >= 0.6 is 11.8 Å². The number of methoxy groups -OCH3 is 1. The number of benzene rings is 2. The fraction of sp³-hybridized carbons (Fsp3) is 0.350. The van der Waals surface area contributed by atoms with E-state index in [1.165, 1.54) is 5.56 Å². The van der Waals surface area contributed by atoms with Gasteiger partial charge < -0.3 is 15.8 Å². The Balaban J connectivity index is 2.01. The summed E-state index contributed by atoms with van der Waals surface area (Å²) in [5.41, 5.74) is 8.41. The molecule has 0 atom stereocenters. The lowest BCUT2D eigenvalue weighted by Crippen LogP contribution is -2.20. The zero-order valence-electron chi connectivity index (χ0n) is 15.3. The summed E-state index contributed by atoms with van der Waals surface area (Å²) in [4.78, 5) is 13.2. The Morgan fingerprint density at radius 3 is 2.44 bits per heavy atom. The van der Waals surface area contributed by atoms with Gasteiger partial charge in [0.1, 0.15) is 5.75 Å². The first-order valence-electron chi connectivity index (χ1n) is 8.22. The van der Waals surface area contributed by atoms with E-state index in [1.54, 1.807) is 18.9 Å². The van der Waals surface area contributed by atoms with Gasteiger partial charge in [0, 0.05) is 17.1 Å². The molecule has 5 heteroatoms. The Hall–Kier alpha value is -2.14. The highest BCUT2D eigenvalue weighted by atomic mass is 32.2. The molecule has 0 saturated heterocycles. The molecule has 4 nitrogen and oxygen atoms in total. The topological polar surface area (TPSA) is 64.3 Å². The highest BCUT2D eigenvalue weighted by molar-refractivity contribution is 7.98. The van der Waals surface area contributed by atoms with E-state index in [9.17, 15) is 4.79 Å². The highest BCUT2D eigenvalue weighted by Crippen LogP contribution is 2.30. The number of anilines is 2. The Kier molecular flexibility index (Phi) is 6.37. The molecular formula is C20H26N2O2S. The quantitative estimate of drug-likeness (QED) is 0.567. The molecule has 25 heavy (non-hydrogen) atoms. The van der Waals surface area contributed by atoms with Crippen LogP contribution in [-0.2, 0) is 10.5 Å². The fourth-order valence-electron chi connectivity index (χ4n) is 2.30. The van der Waals surface area contributed by atoms with E-state index in [0.29, 0.717) is 17.8 Å². The van der Waals surface area contributed by atoms with Crippen molar-refractivity contribution in [2.75, 3.05) is 18.2 Å². The van der Waals surface area contributed by atoms with E-state index < -0.39 is 0 Å². The maximum absolute atomic E-state index is 12.1. The second-order valence-corrected chi connectivity index (χ2v) is 8.22. The summed E-state index contributed by atoms with van der Waals surface area (Å²) >= 11 is 1.70. The van der Waals surface area contributed by atoms with Crippen molar-refractivity contribution in [1.29, 1.82) is 0 Å². The molecule has 134 valence electrons. The highest BCUT2D eigenvalue weighted by Gasteiger charge is 2.16. The number of hydrogen-bond acceptors (Lipinski definition) is 4. The molecule has 3 N–H and O–H groups in total. The molecule has 2 rings (SSSR count). The van der Waals surface area contributed by atoms with Crippen LogP contribution in [-0.4, -0.2) is 13.0 Å². The van der Waals surface area contributed by atoms with Crippen molar-refractivity contribution in [3.8, 4) is 5.75 Å². The standard InChI is InChI=1S/C20H26N2O2S/c1-20(2,3)12-19(23)22-18-11-16(9-10-17(18)21)25-13-14-5-7-15(24-4)8-6-14/h5-11H,12-13,21H2,1-4H3,(H,22,23). The second-order valence-electron chi connectivity index (χ2n) is 7.17. The van der Waals surface area contributed by atoms with Gasteiger partial charge in [0.05, 0.1) is 18.5 Å². The number of amides is 1. The lowest BCUT2D eigenvalue weighted by atomic mass is 9.92. The lowest BCUT2D eigenvalue weighted by Gasteiger charge is -2.18. The summed E-state index contributed by atoms with van der Waals surface area (Å²) in [5, 5.41) is 2.93. The number of carbonyl (C=O) groups excluding carboxylic acids is 1. The maximum Gasteiger partial charge on any atom is 0.224 e. The average molecular weight is 359 g/mol. The molecule has 0 unspecified atom stereocenters. The minimum absolute atomic E-state index is 0.0171. The van der Waals surface area contributed by atoms with Crippen LogP contribution in [0.25, 0.3) is 0 Å². The molecule has 0 radical (unpaired) electrons. The first-order chi connectivity index (χ1) is 11.8. The molecule has 0 heterocycles. The molecule has 0 bridgehead atoms. The zero-order valence-corrected chi connectivity index (χ0v) is 16.1. The smallest absolute Gasteiger partial charge is 0.224 e. The van der Waals surface area contributed by atoms with Gasteiger partial charge in [-0.3, -0.25) is 4.79 Å². The number of ether oxygens (including phenoxy) is 1. The van der Waals surface area contributed by atoms with Gasteiger partial charge in [-0.15, -0.1) is 11.8 Å². The van der Waals surface area contributed by atoms with Gasteiger partial charge in [-0.25, -0.2) is 0 Å². The van der Waals surface area contributed by atoms with Crippen LogP contribution in [0.15, 0.2) is 47.4 Å². The predicted octanol–water partition coefficient (Wildman–Crippen LogP) is 4.94. The number of nitrogens with two attached hydrogens (primary N) is 1. The van der Waals surface area contributed by atoms with Gasteiger partial charge >= 0.3 is 0 Å². The maximum atomic E-state index is 12.1. The van der Waals surface area contributed by atoms with Crippen molar-refractivity contribution in [2.24, 2.45) is 5.41 Å². The lowest BCUT2D eigenvalue weighted by molar-refractivity contribution is -0.117. The molecule has 2 aromatic carbocycles. The van der Waals surface area contributed by atoms with Gasteiger partial charge in [-0.1, -0.05) is 32.9 Å². The van der Waals surface area contributed by atoms with Crippen LogP contribution in [0, 0.1) is 5.41 Å². The number of nitrogens with one attached hydrogen (secondary N) is 1. The van der Waals surface area contributed by atoms with Gasteiger partial charge in [0.15, 0.2) is 0 Å². The van der Waals surface area contributed by atoms with Crippen molar-refractivity contribution in [3.05, 3.63) is 48.0 Å². The van der Waals surface area contributed by atoms with Gasteiger partial charge in [0.25, 0.3) is 0 Å². The summed E-state index contributed by atoms with van der Waals surface area (Å²) in [7, 11) is 1.66. The summed E-state index contributed by atoms with van der Waals surface area (Å²) < 4.78 is 5.17. The molecule has 0 aromatic heterocycles. The van der Waals surface area contributed by atoms with Crippen LogP contribution in [0.3, 0.4) is 0 Å². The van der Waals surface area contributed by atoms with Gasteiger partial charge in [0.2, 0.25) is 5.91 Å². The fourth-order valence-corrected chi connectivity index (χ4v) is 3.19. The first kappa shape index (κ1) is 19.2. The molecule has 1 amide bonds. The molecule has 0 spiro atoms. The Bertz CT molecular complexity index is 721. The monoisotopic (exact) mass is 358 g/mol. The van der Waals surface area contributed by atoms with Crippen LogP contribution in [0.5, 0.6) is 5.75 Å². The molecule has 0 aliphatic rings. The third-order valence-electron chi connectivity index (χ3n) is 3.55. The number of nitrogen functional groups attached to an aromatic ring is 1. The molecule has 2 aromatic rings. The minimum Gasteiger partial charge on any atom is -0.497 e. The summed E-state index contributed by atoms with van der Waals surface area (Å²) in [6.07, 6.45) is 0.454. The minimum atomic E-state index is -0.0560. The van der Waals surface area contributed by atoms with Crippen molar-refractivity contribution < 1.29 is 9.53 Å². The van der Waals surface area contributed by atoms with Crippen LogP contribution in [0.1, 0.15) is 32.8 Å². The van der Waals surface area contributed by atoms with E-state index in [4.69, 9.17) is 10.5 Å². The average Bonchev–Trinajstić information content (AvgIpc) is 2.54. The van der Waals surface area contributed by atoms with E-state index in [0.717, 1.165) is 16.4 Å². The molecule has 0 fully saturated rings. The zero-order chi connectivity index (χ0) is 18.4. The summed E-state index contributed by atoms with van der Waals surface area (Å²) in [6.45, 7) is 6.12. The van der Waals surface area contributed by atoms with E-state index in [-0.39, 0.29) is 11.3 Å². The third kappa shape index (κ3) is 6.35. The van der Waals surface area contributed by atoms with E-state index in [2.05, 4.69) is 17.4 Å². The molecule has 0 aliphatic carbocycles. The Labute approximate surface area is 154 Å².